The Morgan fingerprint density at radius 1 is 1.21 bits per heavy atom. The van der Waals surface area contributed by atoms with E-state index >= 15 is 0 Å². The highest BCUT2D eigenvalue weighted by atomic mass is 16.2. The van der Waals surface area contributed by atoms with Gasteiger partial charge in [0.15, 0.2) is 0 Å². The molecule has 0 bridgehead atoms. The Morgan fingerprint density at radius 2 is 1.88 bits per heavy atom. The molecule has 0 spiro atoms. The number of carbonyl (C=O) groups excluding carboxylic acids is 3. The molecule has 2 aliphatic rings. The molecule has 6 nitrogen and oxygen atoms in total. The van der Waals surface area contributed by atoms with Crippen molar-refractivity contribution in [2.45, 2.75) is 38.8 Å². The minimum atomic E-state index is -0.878. The Bertz CT molecular complexity index is 620. The van der Waals surface area contributed by atoms with Gasteiger partial charge in [0.25, 0.3) is 11.8 Å². The summed E-state index contributed by atoms with van der Waals surface area (Å²) < 4.78 is 0. The number of urea groups is 1. The molecule has 2 atom stereocenters. The van der Waals surface area contributed by atoms with Crippen molar-refractivity contribution < 1.29 is 14.4 Å². The van der Waals surface area contributed by atoms with E-state index in [0.717, 1.165) is 6.42 Å². The molecule has 0 N–H and O–H groups in total. The maximum absolute atomic E-state index is 13.1. The van der Waals surface area contributed by atoms with Crippen LogP contribution in [-0.4, -0.2) is 58.2 Å². The summed E-state index contributed by atoms with van der Waals surface area (Å²) >= 11 is 0. The lowest BCUT2D eigenvalue weighted by Crippen LogP contribution is -2.46. The molecule has 128 valence electrons. The smallest absolute Gasteiger partial charge is 0.328 e. The van der Waals surface area contributed by atoms with Crippen LogP contribution in [0.1, 0.15) is 38.3 Å². The van der Waals surface area contributed by atoms with Crippen molar-refractivity contribution in [2.24, 2.45) is 0 Å². The Hall–Kier alpha value is -2.37. The zero-order valence-electron chi connectivity index (χ0n) is 14.1. The Balaban J connectivity index is 2.01. The first-order valence-corrected chi connectivity index (χ1v) is 8.57. The molecule has 24 heavy (non-hydrogen) atoms. The summed E-state index contributed by atoms with van der Waals surface area (Å²) in [6.07, 6.45) is 1.53. The highest BCUT2D eigenvalue weighted by Crippen LogP contribution is 2.34. The summed E-state index contributed by atoms with van der Waals surface area (Å²) in [5.41, 5.74) is 0.678. The normalized spacial score (nSPS) is 21.2. The van der Waals surface area contributed by atoms with Crippen molar-refractivity contribution >= 4 is 17.8 Å². The number of hydrogen-bond donors (Lipinski definition) is 0. The minimum Gasteiger partial charge on any atom is -0.341 e. The summed E-state index contributed by atoms with van der Waals surface area (Å²) in [7, 11) is 0. The van der Waals surface area contributed by atoms with Crippen molar-refractivity contribution in [3.63, 3.8) is 0 Å². The molecule has 2 aliphatic heterocycles. The van der Waals surface area contributed by atoms with Crippen LogP contribution in [0, 0.1) is 0 Å². The second-order valence-corrected chi connectivity index (χ2v) is 6.17. The van der Waals surface area contributed by atoms with Crippen molar-refractivity contribution in [1.29, 1.82) is 0 Å². The number of carbonyl (C=O) groups is 3. The van der Waals surface area contributed by atoms with Crippen LogP contribution in [0.5, 0.6) is 0 Å². The molecule has 1 aromatic carbocycles. The number of fused-ring (bicyclic) bond motifs is 1. The Kier molecular flexibility index (Phi) is 4.55. The van der Waals surface area contributed by atoms with Crippen molar-refractivity contribution in [2.75, 3.05) is 19.6 Å². The third kappa shape index (κ3) is 2.56. The molecule has 3 rings (SSSR count). The topological polar surface area (TPSA) is 60.9 Å². The summed E-state index contributed by atoms with van der Waals surface area (Å²) in [4.78, 5) is 43.1. The molecule has 2 fully saturated rings. The fourth-order valence-electron chi connectivity index (χ4n) is 3.63. The highest BCUT2D eigenvalue weighted by Gasteiger charge is 2.52. The van der Waals surface area contributed by atoms with Crippen LogP contribution >= 0.6 is 0 Å². The lowest BCUT2D eigenvalue weighted by atomic mass is 10.0. The van der Waals surface area contributed by atoms with E-state index in [1.54, 1.807) is 21.9 Å². The maximum Gasteiger partial charge on any atom is 0.328 e. The van der Waals surface area contributed by atoms with Gasteiger partial charge in [0.2, 0.25) is 0 Å². The van der Waals surface area contributed by atoms with E-state index in [-0.39, 0.29) is 17.8 Å². The van der Waals surface area contributed by atoms with Gasteiger partial charge < -0.3 is 9.80 Å². The zero-order chi connectivity index (χ0) is 17.3. The van der Waals surface area contributed by atoms with Gasteiger partial charge in [-0.1, -0.05) is 30.3 Å². The van der Waals surface area contributed by atoms with E-state index in [0.29, 0.717) is 31.6 Å². The van der Waals surface area contributed by atoms with Crippen LogP contribution in [0.3, 0.4) is 0 Å². The highest BCUT2D eigenvalue weighted by molar-refractivity contribution is 6.08. The fourth-order valence-corrected chi connectivity index (χ4v) is 3.63. The lowest BCUT2D eigenvalue weighted by Gasteiger charge is -2.30. The van der Waals surface area contributed by atoms with E-state index in [1.165, 1.54) is 4.90 Å². The molecular formula is C18H23N3O3. The fraction of sp³-hybridized carbons (Fsp3) is 0.500. The monoisotopic (exact) mass is 329 g/mol. The van der Waals surface area contributed by atoms with Crippen molar-refractivity contribution in [1.82, 2.24) is 14.7 Å². The molecule has 1 aromatic rings. The molecular weight excluding hydrogens is 306 g/mol. The van der Waals surface area contributed by atoms with Crippen LogP contribution < -0.4 is 0 Å². The Morgan fingerprint density at radius 3 is 2.46 bits per heavy atom. The quantitative estimate of drug-likeness (QED) is 0.777. The SMILES string of the molecule is CCN(CC)C(=O)[C@@H](c1ccccc1)N1C(=O)[C@@H]2CCCN2C1=O. The van der Waals surface area contributed by atoms with E-state index < -0.39 is 12.1 Å². The average Bonchev–Trinajstić information content (AvgIpc) is 3.17. The predicted molar refractivity (Wildman–Crippen MR) is 89.1 cm³/mol. The number of benzene rings is 1. The molecule has 4 amide bonds. The number of amides is 4. The van der Waals surface area contributed by atoms with E-state index in [9.17, 15) is 14.4 Å². The molecule has 2 saturated heterocycles. The average molecular weight is 329 g/mol. The molecule has 0 unspecified atom stereocenters. The van der Waals surface area contributed by atoms with E-state index in [4.69, 9.17) is 0 Å². The van der Waals surface area contributed by atoms with Crippen LogP contribution in [0.25, 0.3) is 0 Å². The van der Waals surface area contributed by atoms with Gasteiger partial charge in [0, 0.05) is 19.6 Å². The number of likely N-dealkylation sites (N-methyl/N-ethyl adjacent to an activating group) is 1. The second-order valence-electron chi connectivity index (χ2n) is 6.17. The molecule has 0 aliphatic carbocycles. The summed E-state index contributed by atoms with van der Waals surface area (Å²) in [5.74, 6) is -0.444. The van der Waals surface area contributed by atoms with Crippen LogP contribution in [0.4, 0.5) is 4.79 Å². The molecule has 0 saturated carbocycles. The first-order valence-electron chi connectivity index (χ1n) is 8.57. The standard InChI is InChI=1S/C18H23N3O3/c1-3-19(4-2)17(23)15(13-9-6-5-7-10-13)21-16(22)14-11-8-12-20(14)18(21)24/h5-7,9-10,14-15H,3-4,8,11-12H2,1-2H3/t14-,15+/m0/s1. The first kappa shape index (κ1) is 16.5. The van der Waals surface area contributed by atoms with Gasteiger partial charge >= 0.3 is 6.03 Å². The minimum absolute atomic E-state index is 0.200. The third-order valence-electron chi connectivity index (χ3n) is 4.91. The molecule has 6 heteroatoms. The summed E-state index contributed by atoms with van der Waals surface area (Å²) in [6, 6.07) is 7.50. The van der Waals surface area contributed by atoms with Gasteiger partial charge in [-0.2, -0.15) is 0 Å². The van der Waals surface area contributed by atoms with Gasteiger partial charge in [0.05, 0.1) is 0 Å². The second kappa shape index (κ2) is 6.63. The van der Waals surface area contributed by atoms with Crippen molar-refractivity contribution in [3.8, 4) is 0 Å². The van der Waals surface area contributed by atoms with E-state index in [1.807, 2.05) is 32.0 Å². The summed E-state index contributed by atoms with van der Waals surface area (Å²) in [6.45, 7) is 5.47. The zero-order valence-corrected chi connectivity index (χ0v) is 14.1. The van der Waals surface area contributed by atoms with E-state index in [2.05, 4.69) is 0 Å². The lowest BCUT2D eigenvalue weighted by molar-refractivity contribution is -0.142. The van der Waals surface area contributed by atoms with Crippen LogP contribution in [-0.2, 0) is 9.59 Å². The number of imide groups is 1. The first-order chi connectivity index (χ1) is 11.6. The number of hydrogen-bond acceptors (Lipinski definition) is 3. The summed E-state index contributed by atoms with van der Waals surface area (Å²) in [5, 5.41) is 0. The van der Waals surface area contributed by atoms with Crippen molar-refractivity contribution in [3.05, 3.63) is 35.9 Å². The molecule has 2 heterocycles. The number of rotatable bonds is 5. The Labute approximate surface area is 142 Å². The molecule has 0 radical (unpaired) electrons. The third-order valence-corrected chi connectivity index (χ3v) is 4.91. The van der Waals surface area contributed by atoms with Gasteiger partial charge in [-0.05, 0) is 32.3 Å². The largest absolute Gasteiger partial charge is 0.341 e. The van der Waals surface area contributed by atoms with Gasteiger partial charge in [0.1, 0.15) is 12.1 Å². The van der Waals surface area contributed by atoms with Gasteiger partial charge in [-0.3, -0.25) is 9.59 Å². The maximum atomic E-state index is 13.1. The van der Waals surface area contributed by atoms with Crippen LogP contribution in [0.2, 0.25) is 0 Å². The molecule has 0 aromatic heterocycles. The van der Waals surface area contributed by atoms with Crippen LogP contribution in [0.15, 0.2) is 30.3 Å². The van der Waals surface area contributed by atoms with Gasteiger partial charge in [-0.25, -0.2) is 9.69 Å². The van der Waals surface area contributed by atoms with Gasteiger partial charge in [-0.15, -0.1) is 0 Å². The number of nitrogens with zero attached hydrogens (tertiary/aromatic N) is 3. The predicted octanol–water partition coefficient (Wildman–Crippen LogP) is 2.02.